The molecule has 2 aromatic rings. The summed E-state index contributed by atoms with van der Waals surface area (Å²) in [7, 11) is 0. The van der Waals surface area contributed by atoms with Crippen molar-refractivity contribution in [3.8, 4) is 5.75 Å². The van der Waals surface area contributed by atoms with Crippen LogP contribution in [0.25, 0.3) is 0 Å². The monoisotopic (exact) mass is 446 g/mol. The lowest BCUT2D eigenvalue weighted by Crippen LogP contribution is -2.41. The van der Waals surface area contributed by atoms with Crippen LogP contribution in [0.3, 0.4) is 0 Å². The zero-order valence-electron chi connectivity index (χ0n) is 18.6. The third kappa shape index (κ3) is 6.94. The summed E-state index contributed by atoms with van der Waals surface area (Å²) >= 11 is 5.82. The van der Waals surface area contributed by atoms with E-state index >= 15 is 0 Å². The average Bonchev–Trinajstić information content (AvgIpc) is 2.73. The number of piperidine rings is 1. The second kappa shape index (κ2) is 10.5. The van der Waals surface area contributed by atoms with E-state index in [0.717, 1.165) is 31.7 Å². The molecule has 0 atom stereocenters. The molecule has 1 aliphatic heterocycles. The predicted octanol–water partition coefficient (Wildman–Crippen LogP) is 5.18. The molecule has 31 heavy (non-hydrogen) atoms. The van der Waals surface area contributed by atoms with Gasteiger partial charge < -0.3 is 10.1 Å². The Hall–Kier alpha value is -2.11. The molecule has 3 rings (SSSR count). The Morgan fingerprint density at radius 1 is 1.16 bits per heavy atom. The van der Waals surface area contributed by atoms with Crippen molar-refractivity contribution in [3.63, 3.8) is 0 Å². The number of rotatable bonds is 7. The molecular formula is C25H32ClFN2O2. The molecule has 1 aliphatic rings. The van der Waals surface area contributed by atoms with Crippen molar-refractivity contribution in [2.45, 2.75) is 45.6 Å². The molecule has 0 radical (unpaired) electrons. The van der Waals surface area contributed by atoms with Gasteiger partial charge in [-0.15, -0.1) is 0 Å². The number of carbonyl (C=O) groups excluding carboxylic acids is 1. The van der Waals surface area contributed by atoms with Crippen LogP contribution < -0.4 is 10.1 Å². The summed E-state index contributed by atoms with van der Waals surface area (Å²) in [6.07, 6.45) is 1.55. The zero-order chi connectivity index (χ0) is 22.4. The maximum absolute atomic E-state index is 14.0. The Kier molecular flexibility index (Phi) is 7.95. The molecule has 0 bridgehead atoms. The van der Waals surface area contributed by atoms with Gasteiger partial charge >= 0.3 is 0 Å². The van der Waals surface area contributed by atoms with E-state index in [1.807, 2.05) is 12.1 Å². The number of hydrogen-bond acceptors (Lipinski definition) is 3. The fourth-order valence-corrected chi connectivity index (χ4v) is 3.94. The van der Waals surface area contributed by atoms with Gasteiger partial charge in [0.2, 0.25) is 5.91 Å². The fourth-order valence-electron chi connectivity index (χ4n) is 3.78. The van der Waals surface area contributed by atoms with Gasteiger partial charge in [0, 0.05) is 23.0 Å². The van der Waals surface area contributed by atoms with E-state index in [-0.39, 0.29) is 23.1 Å². The molecule has 1 saturated heterocycles. The first-order valence-electron chi connectivity index (χ1n) is 10.9. The molecule has 2 aromatic carbocycles. The Morgan fingerprint density at radius 2 is 1.84 bits per heavy atom. The van der Waals surface area contributed by atoms with Crippen LogP contribution in [0.1, 0.15) is 44.7 Å². The molecule has 0 saturated carbocycles. The van der Waals surface area contributed by atoms with E-state index < -0.39 is 0 Å². The summed E-state index contributed by atoms with van der Waals surface area (Å²) in [6, 6.07) is 12.9. The molecule has 168 valence electrons. The molecule has 1 fully saturated rings. The van der Waals surface area contributed by atoms with E-state index in [1.165, 1.54) is 11.6 Å². The van der Waals surface area contributed by atoms with Crippen LogP contribution in [0.2, 0.25) is 5.02 Å². The van der Waals surface area contributed by atoms with Crippen molar-refractivity contribution < 1.29 is 13.9 Å². The number of halogens is 2. The maximum Gasteiger partial charge on any atom is 0.223 e. The molecule has 0 aliphatic carbocycles. The summed E-state index contributed by atoms with van der Waals surface area (Å²) in [6.45, 7) is 9.55. The van der Waals surface area contributed by atoms with Crippen LogP contribution in [-0.2, 0) is 16.8 Å². The van der Waals surface area contributed by atoms with Crippen molar-refractivity contribution in [2.24, 2.45) is 5.92 Å². The highest BCUT2D eigenvalue weighted by molar-refractivity contribution is 6.30. The van der Waals surface area contributed by atoms with Gasteiger partial charge in [0.15, 0.2) is 0 Å². The summed E-state index contributed by atoms with van der Waals surface area (Å²) in [5.41, 5.74) is 2.02. The van der Waals surface area contributed by atoms with Gasteiger partial charge in [-0.05, 0) is 61.2 Å². The van der Waals surface area contributed by atoms with Crippen LogP contribution in [0.4, 0.5) is 4.39 Å². The second-order valence-electron chi connectivity index (χ2n) is 9.20. The van der Waals surface area contributed by atoms with Gasteiger partial charge in [0.1, 0.15) is 18.2 Å². The highest BCUT2D eigenvalue weighted by atomic mass is 35.5. The largest absolute Gasteiger partial charge is 0.492 e. The number of ether oxygens (including phenoxy) is 1. The molecule has 0 aromatic heterocycles. The topological polar surface area (TPSA) is 41.6 Å². The van der Waals surface area contributed by atoms with Gasteiger partial charge in [-0.25, -0.2) is 4.39 Å². The standard InChI is InChI=1S/C25H32ClFN2O2/c1-25(2,3)20-5-8-22(9-6-20)31-15-12-28-24(30)18-10-13-29(14-11-18)17-19-4-7-21(26)16-23(19)27/h4-9,16,18H,10-15,17H2,1-3H3,(H,28,30). The average molecular weight is 447 g/mol. The highest BCUT2D eigenvalue weighted by Gasteiger charge is 2.25. The Balaban J connectivity index is 1.35. The van der Waals surface area contributed by atoms with Crippen LogP contribution in [-0.4, -0.2) is 37.0 Å². The molecule has 1 N–H and O–H groups in total. The van der Waals surface area contributed by atoms with Gasteiger partial charge in [-0.1, -0.05) is 50.6 Å². The first-order chi connectivity index (χ1) is 14.7. The Morgan fingerprint density at radius 3 is 2.45 bits per heavy atom. The lowest BCUT2D eigenvalue weighted by atomic mass is 9.87. The summed E-state index contributed by atoms with van der Waals surface area (Å²) < 4.78 is 19.7. The van der Waals surface area contributed by atoms with Crippen LogP contribution in [0.5, 0.6) is 5.75 Å². The van der Waals surface area contributed by atoms with Crippen molar-refractivity contribution in [2.75, 3.05) is 26.2 Å². The molecule has 1 heterocycles. The molecule has 0 unspecified atom stereocenters. The number of carbonyl (C=O) groups is 1. The first kappa shape index (κ1) is 23.6. The minimum Gasteiger partial charge on any atom is -0.492 e. The van der Waals surface area contributed by atoms with Crippen molar-refractivity contribution in [3.05, 3.63) is 64.4 Å². The van der Waals surface area contributed by atoms with Gasteiger partial charge in [0.05, 0.1) is 6.54 Å². The zero-order valence-corrected chi connectivity index (χ0v) is 19.3. The molecule has 1 amide bonds. The van der Waals surface area contributed by atoms with Crippen LogP contribution in [0, 0.1) is 11.7 Å². The van der Waals surface area contributed by atoms with Gasteiger partial charge in [-0.2, -0.15) is 0 Å². The number of hydrogen-bond donors (Lipinski definition) is 1. The first-order valence-corrected chi connectivity index (χ1v) is 11.3. The fraction of sp³-hybridized carbons (Fsp3) is 0.480. The molecular weight excluding hydrogens is 415 g/mol. The Labute approximate surface area is 189 Å². The smallest absolute Gasteiger partial charge is 0.223 e. The molecule has 0 spiro atoms. The normalized spacial score (nSPS) is 15.6. The highest BCUT2D eigenvalue weighted by Crippen LogP contribution is 2.24. The number of amides is 1. The lowest BCUT2D eigenvalue weighted by molar-refractivity contribution is -0.126. The van der Waals surface area contributed by atoms with E-state index in [4.69, 9.17) is 16.3 Å². The molecule has 6 heteroatoms. The minimum absolute atomic E-state index is 0.00242. The Bertz CT molecular complexity index is 872. The van der Waals surface area contributed by atoms with E-state index in [9.17, 15) is 9.18 Å². The van der Waals surface area contributed by atoms with Crippen molar-refractivity contribution in [1.29, 1.82) is 0 Å². The van der Waals surface area contributed by atoms with Crippen molar-refractivity contribution in [1.82, 2.24) is 10.2 Å². The van der Waals surface area contributed by atoms with E-state index in [1.54, 1.807) is 12.1 Å². The van der Waals surface area contributed by atoms with Crippen LogP contribution in [0.15, 0.2) is 42.5 Å². The van der Waals surface area contributed by atoms with Gasteiger partial charge in [-0.3, -0.25) is 9.69 Å². The van der Waals surface area contributed by atoms with Crippen LogP contribution >= 0.6 is 11.6 Å². The summed E-state index contributed by atoms with van der Waals surface area (Å²) in [4.78, 5) is 14.6. The summed E-state index contributed by atoms with van der Waals surface area (Å²) in [5.74, 6) is 0.604. The number of nitrogens with one attached hydrogen (secondary N) is 1. The minimum atomic E-state index is -0.277. The quantitative estimate of drug-likeness (QED) is 0.595. The lowest BCUT2D eigenvalue weighted by Gasteiger charge is -2.31. The predicted molar refractivity (Wildman–Crippen MR) is 123 cm³/mol. The number of benzene rings is 2. The van der Waals surface area contributed by atoms with E-state index in [0.29, 0.717) is 30.3 Å². The number of likely N-dealkylation sites (tertiary alicyclic amines) is 1. The molecule has 4 nitrogen and oxygen atoms in total. The second-order valence-corrected chi connectivity index (χ2v) is 9.64. The third-order valence-electron chi connectivity index (χ3n) is 5.76. The third-order valence-corrected chi connectivity index (χ3v) is 5.99. The summed E-state index contributed by atoms with van der Waals surface area (Å²) in [5, 5.41) is 3.39. The SMILES string of the molecule is CC(C)(C)c1ccc(OCCNC(=O)C2CCN(Cc3ccc(Cl)cc3F)CC2)cc1. The van der Waals surface area contributed by atoms with Crippen molar-refractivity contribution >= 4 is 17.5 Å². The van der Waals surface area contributed by atoms with Gasteiger partial charge in [0.25, 0.3) is 0 Å². The number of nitrogens with zero attached hydrogens (tertiary/aromatic N) is 1. The maximum atomic E-state index is 14.0. The van der Waals surface area contributed by atoms with E-state index in [2.05, 4.69) is 43.1 Å².